The van der Waals surface area contributed by atoms with E-state index >= 15 is 0 Å². The second-order valence-corrected chi connectivity index (χ2v) is 6.80. The fourth-order valence-corrected chi connectivity index (χ4v) is 3.73. The van der Waals surface area contributed by atoms with Crippen LogP contribution in [0.4, 0.5) is 0 Å². The summed E-state index contributed by atoms with van der Waals surface area (Å²) in [6.07, 6.45) is 0. The van der Waals surface area contributed by atoms with Gasteiger partial charge in [0.2, 0.25) is 0 Å². The average molecular weight is 353 g/mol. The number of benzene rings is 2. The zero-order valence-electron chi connectivity index (χ0n) is 9.84. The molecule has 0 aliphatic carbocycles. The molecule has 0 fully saturated rings. The first-order valence-electron chi connectivity index (χ1n) is 5.54. The van der Waals surface area contributed by atoms with Gasteiger partial charge in [-0.2, -0.15) is 0 Å². The average Bonchev–Trinajstić information content (AvgIpc) is 2.41. The quantitative estimate of drug-likeness (QED) is 0.477. The molecule has 94 valence electrons. The zero-order valence-corrected chi connectivity index (χ0v) is 12.0. The van der Waals surface area contributed by atoms with Gasteiger partial charge in [-0.1, -0.05) is 0 Å². The van der Waals surface area contributed by atoms with Gasteiger partial charge in [0.1, 0.15) is 0 Å². The van der Waals surface area contributed by atoms with Gasteiger partial charge in [0.15, 0.2) is 0 Å². The standard InChI is InChI=1S/C15H14IO2/c1-12(11-18-17)13-7-9-15(10-8-13)16-14-5-3-2-4-6-14/h2-10,17H,1,11H2/q-1. The number of rotatable bonds is 5. The van der Waals surface area contributed by atoms with Crippen LogP contribution >= 0.6 is 0 Å². The fourth-order valence-electron chi connectivity index (χ4n) is 1.51. The van der Waals surface area contributed by atoms with Gasteiger partial charge in [0.05, 0.1) is 0 Å². The van der Waals surface area contributed by atoms with Crippen molar-refractivity contribution in [3.63, 3.8) is 0 Å². The van der Waals surface area contributed by atoms with E-state index in [0.29, 0.717) is 0 Å². The molecule has 0 radical (unpaired) electrons. The van der Waals surface area contributed by atoms with E-state index in [2.05, 4.69) is 47.9 Å². The molecule has 0 aliphatic rings. The molecule has 0 spiro atoms. The summed E-state index contributed by atoms with van der Waals surface area (Å²) in [6, 6.07) is 18.8. The molecule has 2 nitrogen and oxygen atoms in total. The molecule has 0 amide bonds. The molecular formula is C15H14IO2-. The Morgan fingerprint density at radius 3 is 2.22 bits per heavy atom. The number of hydrogen-bond acceptors (Lipinski definition) is 2. The van der Waals surface area contributed by atoms with E-state index in [4.69, 9.17) is 5.26 Å². The van der Waals surface area contributed by atoms with E-state index in [-0.39, 0.29) is 27.8 Å². The van der Waals surface area contributed by atoms with Gasteiger partial charge in [0, 0.05) is 0 Å². The van der Waals surface area contributed by atoms with Crippen LogP contribution < -0.4 is 21.2 Å². The molecule has 1 N–H and O–H groups in total. The van der Waals surface area contributed by atoms with Crippen LogP contribution in [0, 0.1) is 7.14 Å². The molecule has 0 unspecified atom stereocenters. The Labute approximate surface area is 117 Å². The van der Waals surface area contributed by atoms with E-state index in [0.717, 1.165) is 11.1 Å². The van der Waals surface area contributed by atoms with Crippen molar-refractivity contribution >= 4 is 5.57 Å². The minimum atomic E-state index is -0.123. The summed E-state index contributed by atoms with van der Waals surface area (Å²) in [4.78, 5) is 4.09. The van der Waals surface area contributed by atoms with Crippen molar-refractivity contribution in [2.45, 2.75) is 0 Å². The van der Waals surface area contributed by atoms with E-state index in [9.17, 15) is 0 Å². The Morgan fingerprint density at radius 1 is 1.00 bits per heavy atom. The van der Waals surface area contributed by atoms with Crippen LogP contribution in [0.25, 0.3) is 5.57 Å². The number of halogens is 1. The van der Waals surface area contributed by atoms with Crippen LogP contribution in [0.15, 0.2) is 61.2 Å². The summed E-state index contributed by atoms with van der Waals surface area (Å²) >= 11 is -0.123. The van der Waals surface area contributed by atoms with Gasteiger partial charge in [-0.05, 0) is 0 Å². The SMILES string of the molecule is C=C(COO)c1ccc([I-]c2ccccc2)cc1. The Balaban J connectivity index is 2.06. The molecule has 0 saturated heterocycles. The van der Waals surface area contributed by atoms with Gasteiger partial charge < -0.3 is 0 Å². The van der Waals surface area contributed by atoms with Crippen molar-refractivity contribution in [1.29, 1.82) is 0 Å². The minimum absolute atomic E-state index is 0.123. The molecule has 2 aromatic carbocycles. The first-order valence-corrected chi connectivity index (χ1v) is 7.70. The molecule has 18 heavy (non-hydrogen) atoms. The van der Waals surface area contributed by atoms with Gasteiger partial charge >= 0.3 is 117 Å². The van der Waals surface area contributed by atoms with Crippen LogP contribution in [-0.4, -0.2) is 11.9 Å². The van der Waals surface area contributed by atoms with Crippen molar-refractivity contribution in [3.05, 3.63) is 73.9 Å². The van der Waals surface area contributed by atoms with Crippen molar-refractivity contribution in [2.24, 2.45) is 0 Å². The second-order valence-electron chi connectivity index (χ2n) is 3.77. The summed E-state index contributed by atoms with van der Waals surface area (Å²) in [6.45, 7) is 4.00. The summed E-state index contributed by atoms with van der Waals surface area (Å²) in [5.41, 5.74) is 1.78. The third kappa shape index (κ3) is 3.66. The molecule has 0 heterocycles. The molecule has 2 rings (SSSR count). The predicted molar refractivity (Wildman–Crippen MR) is 67.9 cm³/mol. The molecular weight excluding hydrogens is 339 g/mol. The Kier molecular flexibility index (Phi) is 4.92. The summed E-state index contributed by atoms with van der Waals surface area (Å²) in [5, 5.41) is 8.39. The van der Waals surface area contributed by atoms with Crippen molar-refractivity contribution in [2.75, 3.05) is 6.61 Å². The molecule has 0 atom stereocenters. The summed E-state index contributed by atoms with van der Waals surface area (Å²) in [5.74, 6) is 0. The maximum atomic E-state index is 8.39. The van der Waals surface area contributed by atoms with Gasteiger partial charge in [-0.3, -0.25) is 0 Å². The molecule has 0 aliphatic heterocycles. The second kappa shape index (κ2) is 6.68. The Hall–Kier alpha value is -1.17. The van der Waals surface area contributed by atoms with E-state index in [1.165, 1.54) is 7.14 Å². The van der Waals surface area contributed by atoms with Crippen LogP contribution in [0.1, 0.15) is 5.56 Å². The number of hydrogen-bond donors (Lipinski definition) is 1. The maximum absolute atomic E-state index is 8.39. The summed E-state index contributed by atoms with van der Waals surface area (Å²) < 4.78 is 2.77. The monoisotopic (exact) mass is 353 g/mol. The third-order valence-corrected chi connectivity index (χ3v) is 5.13. The van der Waals surface area contributed by atoms with E-state index in [1.54, 1.807) is 0 Å². The van der Waals surface area contributed by atoms with Gasteiger partial charge in [-0.15, -0.1) is 0 Å². The van der Waals surface area contributed by atoms with E-state index in [1.807, 2.05) is 18.2 Å². The fraction of sp³-hybridized carbons (Fsp3) is 0.0667. The molecule has 2 aromatic rings. The van der Waals surface area contributed by atoms with Crippen LogP contribution in [0.3, 0.4) is 0 Å². The summed E-state index contributed by atoms with van der Waals surface area (Å²) in [7, 11) is 0. The zero-order chi connectivity index (χ0) is 12.8. The molecule has 0 aromatic heterocycles. The first kappa shape index (κ1) is 13.3. The van der Waals surface area contributed by atoms with E-state index < -0.39 is 0 Å². The first-order chi connectivity index (χ1) is 8.79. The molecule has 0 saturated carbocycles. The molecule has 3 heteroatoms. The molecule has 0 bridgehead atoms. The predicted octanol–water partition coefficient (Wildman–Crippen LogP) is 0.318. The third-order valence-electron chi connectivity index (χ3n) is 2.44. The Morgan fingerprint density at radius 2 is 1.61 bits per heavy atom. The van der Waals surface area contributed by atoms with Gasteiger partial charge in [-0.25, -0.2) is 0 Å². The topological polar surface area (TPSA) is 29.5 Å². The van der Waals surface area contributed by atoms with Gasteiger partial charge in [0.25, 0.3) is 0 Å². The van der Waals surface area contributed by atoms with Crippen molar-refractivity contribution in [3.8, 4) is 0 Å². The Bertz CT molecular complexity index is 506. The van der Waals surface area contributed by atoms with Crippen molar-refractivity contribution < 1.29 is 31.3 Å². The van der Waals surface area contributed by atoms with Crippen LogP contribution in [0.5, 0.6) is 0 Å². The van der Waals surface area contributed by atoms with Crippen LogP contribution in [0.2, 0.25) is 0 Å². The van der Waals surface area contributed by atoms with Crippen LogP contribution in [-0.2, 0) is 4.89 Å². The normalized spacial score (nSPS) is 10.5. The van der Waals surface area contributed by atoms with Crippen molar-refractivity contribution in [1.82, 2.24) is 0 Å².